The van der Waals surface area contributed by atoms with E-state index in [1.54, 1.807) is 10.9 Å². The Hall–Kier alpha value is -2.41. The zero-order valence-corrected chi connectivity index (χ0v) is 11.0. The average Bonchev–Trinajstić information content (AvgIpc) is 2.84. The van der Waals surface area contributed by atoms with Crippen LogP contribution in [0.3, 0.4) is 0 Å². The lowest BCUT2D eigenvalue weighted by molar-refractivity contribution is -0.385. The molecule has 1 N–H and O–H groups in total. The summed E-state index contributed by atoms with van der Waals surface area (Å²) < 4.78 is 7.32. The number of nitro groups is 1. The maximum Gasteiger partial charge on any atom is 0.270 e. The van der Waals surface area contributed by atoms with Gasteiger partial charge in [-0.15, -0.1) is 0 Å². The van der Waals surface area contributed by atoms with Crippen molar-refractivity contribution in [3.05, 3.63) is 51.8 Å². The van der Waals surface area contributed by atoms with Gasteiger partial charge in [0.2, 0.25) is 0 Å². The van der Waals surface area contributed by atoms with Crippen molar-refractivity contribution in [2.45, 2.75) is 13.0 Å². The average molecular weight is 277 g/mol. The molecule has 0 aliphatic heterocycles. The second-order valence-corrected chi connectivity index (χ2v) is 4.25. The van der Waals surface area contributed by atoms with Gasteiger partial charge in [-0.1, -0.05) is 0 Å². The maximum atomic E-state index is 10.7. The van der Waals surface area contributed by atoms with Gasteiger partial charge in [-0.3, -0.25) is 14.8 Å². The van der Waals surface area contributed by atoms with Crippen LogP contribution in [0.1, 0.15) is 11.3 Å². The smallest absolute Gasteiger partial charge is 0.270 e. The minimum Gasteiger partial charge on any atom is -0.493 e. The molecule has 0 aliphatic rings. The lowest BCUT2D eigenvalue weighted by Gasteiger charge is -2.10. The van der Waals surface area contributed by atoms with E-state index in [1.165, 1.54) is 18.2 Å². The number of hydrogen-bond acceptors (Lipinski definition) is 5. The predicted octanol–water partition coefficient (Wildman–Crippen LogP) is 1.44. The van der Waals surface area contributed by atoms with Crippen LogP contribution < -0.4 is 4.74 Å². The molecule has 1 heterocycles. The van der Waals surface area contributed by atoms with Crippen LogP contribution >= 0.6 is 0 Å². The zero-order chi connectivity index (χ0) is 14.5. The van der Waals surface area contributed by atoms with Gasteiger partial charge in [-0.25, -0.2) is 0 Å². The summed E-state index contributed by atoms with van der Waals surface area (Å²) in [7, 11) is 1.85. The Kier molecular flexibility index (Phi) is 4.31. The summed E-state index contributed by atoms with van der Waals surface area (Å²) in [6.07, 6.45) is 2.37. The normalized spacial score (nSPS) is 10.5. The molecule has 0 unspecified atom stereocenters. The number of aliphatic hydroxyl groups excluding tert-OH is 1. The molecule has 0 radical (unpaired) electrons. The highest BCUT2D eigenvalue weighted by atomic mass is 16.6. The van der Waals surface area contributed by atoms with Gasteiger partial charge in [0.1, 0.15) is 5.75 Å². The van der Waals surface area contributed by atoms with Crippen LogP contribution in [0.2, 0.25) is 0 Å². The first-order chi connectivity index (χ1) is 9.61. The third-order valence-corrected chi connectivity index (χ3v) is 2.96. The second kappa shape index (κ2) is 6.16. The number of nitro benzene ring substituents is 1. The molecule has 2 aromatic rings. The Morgan fingerprint density at radius 2 is 2.25 bits per heavy atom. The van der Waals surface area contributed by atoms with E-state index in [0.29, 0.717) is 24.3 Å². The Labute approximate surface area is 115 Å². The molecule has 0 aliphatic carbocycles. The number of ether oxygens (including phenoxy) is 1. The third kappa shape index (κ3) is 3.12. The van der Waals surface area contributed by atoms with Crippen LogP contribution in [-0.4, -0.2) is 26.4 Å². The van der Waals surface area contributed by atoms with E-state index in [1.807, 2.05) is 13.1 Å². The monoisotopic (exact) mass is 277 g/mol. The van der Waals surface area contributed by atoms with Crippen molar-refractivity contribution >= 4 is 5.69 Å². The van der Waals surface area contributed by atoms with E-state index in [2.05, 4.69) is 5.10 Å². The van der Waals surface area contributed by atoms with Gasteiger partial charge in [-0.05, 0) is 12.1 Å². The van der Waals surface area contributed by atoms with Gasteiger partial charge in [-0.2, -0.15) is 5.10 Å². The van der Waals surface area contributed by atoms with Crippen LogP contribution in [0.4, 0.5) is 5.69 Å². The molecule has 106 valence electrons. The number of aryl methyl sites for hydroxylation is 1. The van der Waals surface area contributed by atoms with Crippen LogP contribution in [-0.2, 0) is 20.1 Å². The fourth-order valence-electron chi connectivity index (χ4n) is 1.86. The molecular weight excluding hydrogens is 262 g/mol. The molecule has 0 fully saturated rings. The molecule has 0 atom stereocenters. The molecule has 0 amide bonds. The molecule has 1 aromatic heterocycles. The minimum absolute atomic E-state index is 0.0620. The lowest BCUT2D eigenvalue weighted by Crippen LogP contribution is -2.07. The fraction of sp³-hybridized carbons (Fsp3) is 0.308. The van der Waals surface area contributed by atoms with Gasteiger partial charge in [0.25, 0.3) is 5.69 Å². The number of nitrogens with zero attached hydrogens (tertiary/aromatic N) is 3. The van der Waals surface area contributed by atoms with Crippen molar-refractivity contribution < 1.29 is 14.8 Å². The largest absolute Gasteiger partial charge is 0.493 e. The Balaban J connectivity index is 2.02. The van der Waals surface area contributed by atoms with Crippen molar-refractivity contribution in [1.82, 2.24) is 9.78 Å². The standard InChI is InChI=1S/C13H15N3O4/c1-15-11(4-6-14-15)5-7-20-13-3-2-12(16(18)19)8-10(13)9-17/h2-4,6,8,17H,5,7,9H2,1H3. The number of aliphatic hydroxyl groups is 1. The van der Waals surface area contributed by atoms with Crippen LogP contribution in [0.15, 0.2) is 30.5 Å². The molecule has 7 nitrogen and oxygen atoms in total. The molecule has 2 rings (SSSR count). The molecule has 0 saturated carbocycles. The first-order valence-corrected chi connectivity index (χ1v) is 6.09. The van der Waals surface area contributed by atoms with Gasteiger partial charge in [0, 0.05) is 43.1 Å². The first-order valence-electron chi connectivity index (χ1n) is 6.09. The molecular formula is C13H15N3O4. The highest BCUT2D eigenvalue weighted by molar-refractivity contribution is 5.43. The van der Waals surface area contributed by atoms with Gasteiger partial charge < -0.3 is 9.84 Å². The third-order valence-electron chi connectivity index (χ3n) is 2.96. The summed E-state index contributed by atoms with van der Waals surface area (Å²) in [5, 5.41) is 23.9. The molecule has 0 spiro atoms. The van der Waals surface area contributed by atoms with E-state index < -0.39 is 4.92 Å². The van der Waals surface area contributed by atoms with Crippen molar-refractivity contribution in [3.8, 4) is 5.75 Å². The summed E-state index contributed by atoms with van der Waals surface area (Å²) in [6, 6.07) is 6.08. The predicted molar refractivity (Wildman–Crippen MR) is 71.4 cm³/mol. The molecule has 7 heteroatoms. The molecule has 20 heavy (non-hydrogen) atoms. The summed E-state index contributed by atoms with van der Waals surface area (Å²) in [5.74, 6) is 0.459. The number of rotatable bonds is 6. The topological polar surface area (TPSA) is 90.4 Å². The Bertz CT molecular complexity index is 609. The second-order valence-electron chi connectivity index (χ2n) is 4.25. The highest BCUT2D eigenvalue weighted by Gasteiger charge is 2.11. The van der Waals surface area contributed by atoms with E-state index in [4.69, 9.17) is 4.74 Å². The van der Waals surface area contributed by atoms with Gasteiger partial charge >= 0.3 is 0 Å². The summed E-state index contributed by atoms with van der Waals surface area (Å²) in [5.41, 5.74) is 1.37. The molecule has 0 saturated heterocycles. The Morgan fingerprint density at radius 1 is 1.45 bits per heavy atom. The number of non-ortho nitro benzene ring substituents is 1. The van der Waals surface area contributed by atoms with Crippen LogP contribution in [0, 0.1) is 10.1 Å². The SMILES string of the molecule is Cn1nccc1CCOc1ccc([N+](=O)[O-])cc1CO. The van der Waals surface area contributed by atoms with E-state index in [0.717, 1.165) is 5.69 Å². The van der Waals surface area contributed by atoms with Crippen molar-refractivity contribution in [1.29, 1.82) is 0 Å². The quantitative estimate of drug-likeness (QED) is 0.637. The van der Waals surface area contributed by atoms with Gasteiger partial charge in [0.15, 0.2) is 0 Å². The maximum absolute atomic E-state index is 10.7. The first kappa shape index (κ1) is 14.0. The molecule has 0 bridgehead atoms. The minimum atomic E-state index is -0.501. The van der Waals surface area contributed by atoms with E-state index in [-0.39, 0.29) is 12.3 Å². The lowest BCUT2D eigenvalue weighted by atomic mass is 10.2. The number of aromatic nitrogens is 2. The van der Waals surface area contributed by atoms with Crippen LogP contribution in [0.5, 0.6) is 5.75 Å². The van der Waals surface area contributed by atoms with Crippen molar-refractivity contribution in [3.63, 3.8) is 0 Å². The van der Waals surface area contributed by atoms with Crippen molar-refractivity contribution in [2.75, 3.05) is 6.61 Å². The Morgan fingerprint density at radius 3 is 2.85 bits per heavy atom. The van der Waals surface area contributed by atoms with Crippen molar-refractivity contribution in [2.24, 2.45) is 7.05 Å². The number of hydrogen-bond donors (Lipinski definition) is 1. The zero-order valence-electron chi connectivity index (χ0n) is 11.0. The summed E-state index contributed by atoms with van der Waals surface area (Å²) in [6.45, 7) is 0.104. The summed E-state index contributed by atoms with van der Waals surface area (Å²) >= 11 is 0. The van der Waals surface area contributed by atoms with Crippen LogP contribution in [0.25, 0.3) is 0 Å². The number of benzene rings is 1. The summed E-state index contributed by atoms with van der Waals surface area (Å²) in [4.78, 5) is 10.2. The molecule has 1 aromatic carbocycles. The van der Waals surface area contributed by atoms with Gasteiger partial charge in [0.05, 0.1) is 18.1 Å². The highest BCUT2D eigenvalue weighted by Crippen LogP contribution is 2.24. The van der Waals surface area contributed by atoms with E-state index in [9.17, 15) is 15.2 Å². The fourth-order valence-corrected chi connectivity index (χ4v) is 1.86. The van der Waals surface area contributed by atoms with E-state index >= 15 is 0 Å².